The van der Waals surface area contributed by atoms with Crippen LogP contribution in [0.3, 0.4) is 0 Å². The molecule has 0 radical (unpaired) electrons. The van der Waals surface area contributed by atoms with Gasteiger partial charge in [-0.15, -0.1) is 0 Å². The SMILES string of the molecule is CC1CCCC12C[C@H](O)c1ccc(Br)cc1O2. The van der Waals surface area contributed by atoms with Crippen molar-refractivity contribution in [1.82, 2.24) is 0 Å². The highest BCUT2D eigenvalue weighted by molar-refractivity contribution is 9.10. The Balaban J connectivity index is 2.02. The van der Waals surface area contributed by atoms with Crippen molar-refractivity contribution in [1.29, 1.82) is 0 Å². The number of fused-ring (bicyclic) bond motifs is 1. The van der Waals surface area contributed by atoms with E-state index in [0.717, 1.165) is 28.6 Å². The summed E-state index contributed by atoms with van der Waals surface area (Å²) in [5.74, 6) is 1.39. The summed E-state index contributed by atoms with van der Waals surface area (Å²) in [6.45, 7) is 2.24. The number of aliphatic hydroxyl groups is 1. The Morgan fingerprint density at radius 1 is 1.47 bits per heavy atom. The molecule has 0 amide bonds. The van der Waals surface area contributed by atoms with E-state index in [1.54, 1.807) is 0 Å². The third kappa shape index (κ3) is 1.80. The zero-order chi connectivity index (χ0) is 12.0. The fourth-order valence-corrected chi connectivity index (χ4v) is 3.58. The van der Waals surface area contributed by atoms with Crippen LogP contribution in [0.2, 0.25) is 0 Å². The quantitative estimate of drug-likeness (QED) is 0.788. The predicted molar refractivity (Wildman–Crippen MR) is 70.1 cm³/mol. The molecule has 1 saturated carbocycles. The van der Waals surface area contributed by atoms with E-state index in [4.69, 9.17) is 4.74 Å². The molecule has 3 heteroatoms. The van der Waals surface area contributed by atoms with Crippen LogP contribution in [0.4, 0.5) is 0 Å². The van der Waals surface area contributed by atoms with Crippen LogP contribution >= 0.6 is 15.9 Å². The molecule has 3 rings (SSSR count). The van der Waals surface area contributed by atoms with Crippen LogP contribution in [0, 0.1) is 5.92 Å². The largest absolute Gasteiger partial charge is 0.486 e. The van der Waals surface area contributed by atoms with Gasteiger partial charge in [-0.25, -0.2) is 0 Å². The summed E-state index contributed by atoms with van der Waals surface area (Å²) >= 11 is 3.46. The molecule has 1 spiro atoms. The maximum atomic E-state index is 10.3. The fourth-order valence-electron chi connectivity index (χ4n) is 3.24. The Bertz CT molecular complexity index is 446. The molecule has 1 aliphatic carbocycles. The first-order valence-electron chi connectivity index (χ1n) is 6.27. The van der Waals surface area contributed by atoms with Crippen LogP contribution in [-0.2, 0) is 0 Å². The molecule has 1 aromatic carbocycles. The van der Waals surface area contributed by atoms with Gasteiger partial charge in [0.1, 0.15) is 11.4 Å². The molecule has 2 unspecified atom stereocenters. The normalized spacial score (nSPS) is 35.7. The number of halogens is 1. The molecular formula is C14H17BrO2. The van der Waals surface area contributed by atoms with Crippen LogP contribution in [0.5, 0.6) is 5.75 Å². The molecule has 0 aromatic heterocycles. The molecule has 3 atom stereocenters. The van der Waals surface area contributed by atoms with Crippen molar-refractivity contribution in [3.05, 3.63) is 28.2 Å². The van der Waals surface area contributed by atoms with Gasteiger partial charge in [-0.2, -0.15) is 0 Å². The molecule has 92 valence electrons. The number of aliphatic hydroxyl groups excluding tert-OH is 1. The Kier molecular flexibility index (Phi) is 2.71. The van der Waals surface area contributed by atoms with E-state index < -0.39 is 0 Å². The highest BCUT2D eigenvalue weighted by Crippen LogP contribution is 2.50. The third-order valence-corrected chi connectivity index (χ3v) is 4.82. The van der Waals surface area contributed by atoms with Crippen LogP contribution in [-0.4, -0.2) is 10.7 Å². The number of rotatable bonds is 0. The van der Waals surface area contributed by atoms with Gasteiger partial charge in [0, 0.05) is 16.5 Å². The van der Waals surface area contributed by atoms with Crippen molar-refractivity contribution in [3.8, 4) is 5.75 Å². The molecule has 17 heavy (non-hydrogen) atoms. The van der Waals surface area contributed by atoms with Crippen LogP contribution in [0.15, 0.2) is 22.7 Å². The summed E-state index contributed by atoms with van der Waals surface area (Å²) in [6.07, 6.45) is 3.83. The fraction of sp³-hybridized carbons (Fsp3) is 0.571. The molecular weight excluding hydrogens is 280 g/mol. The molecule has 1 aromatic rings. The van der Waals surface area contributed by atoms with Crippen molar-refractivity contribution >= 4 is 15.9 Å². The van der Waals surface area contributed by atoms with Gasteiger partial charge in [-0.3, -0.25) is 0 Å². The van der Waals surface area contributed by atoms with Crippen molar-refractivity contribution in [2.75, 3.05) is 0 Å². The summed E-state index contributed by atoms with van der Waals surface area (Å²) in [4.78, 5) is 0. The average molecular weight is 297 g/mol. The Morgan fingerprint density at radius 2 is 2.29 bits per heavy atom. The third-order valence-electron chi connectivity index (χ3n) is 4.32. The molecule has 1 N–H and O–H groups in total. The first-order chi connectivity index (χ1) is 8.11. The van der Waals surface area contributed by atoms with E-state index in [9.17, 15) is 5.11 Å². The molecule has 1 heterocycles. The highest BCUT2D eigenvalue weighted by atomic mass is 79.9. The van der Waals surface area contributed by atoms with Gasteiger partial charge in [0.15, 0.2) is 0 Å². The first kappa shape index (κ1) is 11.5. The van der Waals surface area contributed by atoms with Gasteiger partial charge >= 0.3 is 0 Å². The van der Waals surface area contributed by atoms with E-state index in [2.05, 4.69) is 22.9 Å². The molecule has 2 aliphatic rings. The van der Waals surface area contributed by atoms with Crippen LogP contribution < -0.4 is 4.74 Å². The summed E-state index contributed by atoms with van der Waals surface area (Å²) in [5, 5.41) is 10.3. The molecule has 1 aliphatic heterocycles. The predicted octanol–water partition coefficient (Wildman–Crippen LogP) is 3.82. The summed E-state index contributed by atoms with van der Waals surface area (Å²) in [6, 6.07) is 5.89. The van der Waals surface area contributed by atoms with E-state index in [1.165, 1.54) is 12.8 Å². The van der Waals surface area contributed by atoms with E-state index in [1.807, 2.05) is 18.2 Å². The topological polar surface area (TPSA) is 29.5 Å². The lowest BCUT2D eigenvalue weighted by Gasteiger charge is -2.41. The zero-order valence-electron chi connectivity index (χ0n) is 9.95. The van der Waals surface area contributed by atoms with Crippen LogP contribution in [0.25, 0.3) is 0 Å². The van der Waals surface area contributed by atoms with Gasteiger partial charge in [-0.05, 0) is 37.3 Å². The van der Waals surface area contributed by atoms with Crippen molar-refractivity contribution in [3.63, 3.8) is 0 Å². The number of hydrogen-bond donors (Lipinski definition) is 1. The lowest BCUT2D eigenvalue weighted by molar-refractivity contribution is -0.0356. The van der Waals surface area contributed by atoms with E-state index >= 15 is 0 Å². The molecule has 0 saturated heterocycles. The lowest BCUT2D eigenvalue weighted by Crippen LogP contribution is -2.43. The molecule has 0 bridgehead atoms. The van der Waals surface area contributed by atoms with Crippen molar-refractivity contribution in [2.24, 2.45) is 5.92 Å². The zero-order valence-corrected chi connectivity index (χ0v) is 11.5. The number of ether oxygens (including phenoxy) is 1. The van der Waals surface area contributed by atoms with Gasteiger partial charge in [-0.1, -0.05) is 28.9 Å². The summed E-state index contributed by atoms with van der Waals surface area (Å²) in [7, 11) is 0. The summed E-state index contributed by atoms with van der Waals surface area (Å²) < 4.78 is 7.26. The lowest BCUT2D eigenvalue weighted by atomic mass is 9.82. The average Bonchev–Trinajstić information content (AvgIpc) is 2.59. The van der Waals surface area contributed by atoms with Crippen molar-refractivity contribution in [2.45, 2.75) is 44.3 Å². The van der Waals surface area contributed by atoms with Gasteiger partial charge in [0.05, 0.1) is 6.10 Å². The van der Waals surface area contributed by atoms with Gasteiger partial charge < -0.3 is 9.84 Å². The second-order valence-corrected chi connectivity index (χ2v) is 6.28. The van der Waals surface area contributed by atoms with E-state index in [0.29, 0.717) is 5.92 Å². The monoisotopic (exact) mass is 296 g/mol. The Labute approximate surface area is 110 Å². The van der Waals surface area contributed by atoms with Gasteiger partial charge in [0.2, 0.25) is 0 Å². The second kappa shape index (κ2) is 3.99. The van der Waals surface area contributed by atoms with E-state index in [-0.39, 0.29) is 11.7 Å². The number of hydrogen-bond acceptors (Lipinski definition) is 2. The minimum Gasteiger partial charge on any atom is -0.486 e. The standard InChI is InChI=1S/C14H17BrO2/c1-9-3-2-6-14(9)8-12(16)11-5-4-10(15)7-13(11)17-14/h4-5,7,9,12,16H,2-3,6,8H2,1H3/t9?,12-,14?/m0/s1. The second-order valence-electron chi connectivity index (χ2n) is 5.36. The highest BCUT2D eigenvalue weighted by Gasteiger charge is 2.47. The van der Waals surface area contributed by atoms with Crippen molar-refractivity contribution < 1.29 is 9.84 Å². The molecule has 2 nitrogen and oxygen atoms in total. The molecule has 1 fully saturated rings. The maximum absolute atomic E-state index is 10.3. The summed E-state index contributed by atoms with van der Waals surface area (Å²) in [5.41, 5.74) is 0.797. The first-order valence-corrected chi connectivity index (χ1v) is 7.06. The minimum atomic E-state index is -0.382. The Morgan fingerprint density at radius 3 is 3.00 bits per heavy atom. The maximum Gasteiger partial charge on any atom is 0.127 e. The van der Waals surface area contributed by atoms with Gasteiger partial charge in [0.25, 0.3) is 0 Å². The van der Waals surface area contributed by atoms with Crippen LogP contribution in [0.1, 0.15) is 44.3 Å². The minimum absolute atomic E-state index is 0.132. The smallest absolute Gasteiger partial charge is 0.127 e. The Hall–Kier alpha value is -0.540. The number of benzene rings is 1.